The number of nitrogens with zero attached hydrogens (tertiary/aromatic N) is 6. The third kappa shape index (κ3) is 3.66. The molecule has 0 bridgehead atoms. The number of pyridine rings is 1. The molecule has 1 aliphatic heterocycles. The Bertz CT molecular complexity index is 1150. The number of anilines is 2. The van der Waals surface area contributed by atoms with Gasteiger partial charge in [0.1, 0.15) is 12.1 Å². The molecule has 0 amide bonds. The maximum absolute atomic E-state index is 6.22. The van der Waals surface area contributed by atoms with Crippen LogP contribution in [0.5, 0.6) is 0 Å². The van der Waals surface area contributed by atoms with Crippen molar-refractivity contribution in [2.24, 2.45) is 0 Å². The van der Waals surface area contributed by atoms with Crippen LogP contribution in [0.3, 0.4) is 0 Å². The molecule has 5 rings (SSSR count). The first-order valence-electron chi connectivity index (χ1n) is 9.56. The van der Waals surface area contributed by atoms with Crippen LogP contribution in [0.1, 0.15) is 5.56 Å². The molecular weight excluding hydrogens is 421 g/mol. The smallest absolute Gasteiger partial charge is 0.186 e. The summed E-state index contributed by atoms with van der Waals surface area (Å²) in [5, 5.41) is 9.23. The summed E-state index contributed by atoms with van der Waals surface area (Å²) in [6, 6.07) is 9.98. The highest BCUT2D eigenvalue weighted by Gasteiger charge is 2.23. The highest BCUT2D eigenvalue weighted by Crippen LogP contribution is 2.32. The van der Waals surface area contributed by atoms with Crippen molar-refractivity contribution < 1.29 is 0 Å². The van der Waals surface area contributed by atoms with Crippen LogP contribution in [-0.2, 0) is 0 Å². The van der Waals surface area contributed by atoms with E-state index >= 15 is 0 Å². The predicted molar refractivity (Wildman–Crippen MR) is 123 cm³/mol. The molecule has 0 atom stereocenters. The van der Waals surface area contributed by atoms with Gasteiger partial charge in [-0.25, -0.2) is 9.97 Å². The summed E-state index contributed by atoms with van der Waals surface area (Å²) >= 11 is 6.22. The number of aromatic nitrogens is 5. The van der Waals surface area contributed by atoms with Gasteiger partial charge in [0.2, 0.25) is 0 Å². The van der Waals surface area contributed by atoms with Crippen molar-refractivity contribution >= 4 is 46.5 Å². The van der Waals surface area contributed by atoms with Crippen molar-refractivity contribution in [2.75, 3.05) is 36.0 Å². The number of halogens is 2. The van der Waals surface area contributed by atoms with Gasteiger partial charge in [0.15, 0.2) is 5.65 Å². The van der Waals surface area contributed by atoms with E-state index in [4.69, 9.17) is 11.6 Å². The minimum Gasteiger partial charge on any atom is -0.368 e. The van der Waals surface area contributed by atoms with E-state index in [9.17, 15) is 0 Å². The van der Waals surface area contributed by atoms with Crippen LogP contribution in [0, 0.1) is 6.92 Å². The van der Waals surface area contributed by atoms with Crippen molar-refractivity contribution in [1.82, 2.24) is 25.1 Å². The molecule has 30 heavy (non-hydrogen) atoms. The van der Waals surface area contributed by atoms with Crippen LogP contribution in [0.4, 0.5) is 11.5 Å². The van der Waals surface area contributed by atoms with E-state index in [-0.39, 0.29) is 12.4 Å². The molecule has 154 valence electrons. The Hall–Kier alpha value is -2.90. The number of piperazine rings is 1. The molecule has 0 aliphatic carbocycles. The second-order valence-corrected chi connectivity index (χ2v) is 7.57. The number of hydrogen-bond acceptors (Lipinski definition) is 6. The maximum atomic E-state index is 6.22. The van der Waals surface area contributed by atoms with Gasteiger partial charge in [-0.2, -0.15) is 5.10 Å². The van der Waals surface area contributed by atoms with E-state index in [0.717, 1.165) is 53.7 Å². The van der Waals surface area contributed by atoms with Gasteiger partial charge in [0.25, 0.3) is 0 Å². The van der Waals surface area contributed by atoms with E-state index < -0.39 is 0 Å². The van der Waals surface area contributed by atoms with E-state index in [1.54, 1.807) is 18.7 Å². The minimum absolute atomic E-state index is 0. The Morgan fingerprint density at radius 3 is 2.47 bits per heavy atom. The molecule has 0 spiro atoms. The van der Waals surface area contributed by atoms with Crippen molar-refractivity contribution in [3.05, 3.63) is 59.6 Å². The van der Waals surface area contributed by atoms with Gasteiger partial charge in [0.05, 0.1) is 11.1 Å². The number of hydrogen-bond donors (Lipinski definition) is 1. The van der Waals surface area contributed by atoms with Crippen molar-refractivity contribution in [1.29, 1.82) is 0 Å². The van der Waals surface area contributed by atoms with Gasteiger partial charge in [-0.3, -0.25) is 10.1 Å². The second kappa shape index (κ2) is 8.45. The average Bonchev–Trinajstić information content (AvgIpc) is 3.21. The first-order valence-corrected chi connectivity index (χ1v) is 9.94. The number of aromatic amines is 1. The zero-order valence-corrected chi connectivity index (χ0v) is 18.0. The normalized spacial score (nSPS) is 14.1. The molecule has 9 heteroatoms. The summed E-state index contributed by atoms with van der Waals surface area (Å²) in [7, 11) is 0. The van der Waals surface area contributed by atoms with Gasteiger partial charge < -0.3 is 9.80 Å². The first-order chi connectivity index (χ1) is 14.2. The summed E-state index contributed by atoms with van der Waals surface area (Å²) in [4.78, 5) is 17.8. The van der Waals surface area contributed by atoms with Gasteiger partial charge >= 0.3 is 0 Å². The molecule has 1 saturated heterocycles. The Morgan fingerprint density at radius 2 is 1.70 bits per heavy atom. The molecule has 0 unspecified atom stereocenters. The lowest BCUT2D eigenvalue weighted by atomic mass is 10.1. The molecule has 3 aromatic heterocycles. The van der Waals surface area contributed by atoms with Gasteiger partial charge in [-0.05, 0) is 36.8 Å². The summed E-state index contributed by atoms with van der Waals surface area (Å²) in [5.41, 5.74) is 5.06. The predicted octanol–water partition coefficient (Wildman–Crippen LogP) is 4.13. The highest BCUT2D eigenvalue weighted by atomic mass is 35.5. The average molecular weight is 442 g/mol. The number of H-pyrrole nitrogens is 1. The number of fused-ring (bicyclic) bond motifs is 1. The van der Waals surface area contributed by atoms with Gasteiger partial charge in [-0.15, -0.1) is 12.4 Å². The quantitative estimate of drug-likeness (QED) is 0.515. The van der Waals surface area contributed by atoms with Crippen LogP contribution < -0.4 is 9.80 Å². The largest absolute Gasteiger partial charge is 0.368 e. The van der Waals surface area contributed by atoms with Crippen molar-refractivity contribution in [2.45, 2.75) is 6.92 Å². The topological polar surface area (TPSA) is 73.8 Å². The molecule has 7 nitrogen and oxygen atoms in total. The minimum atomic E-state index is 0. The lowest BCUT2D eigenvalue weighted by molar-refractivity contribution is 0.648. The molecule has 1 aromatic carbocycles. The number of rotatable bonds is 3. The molecule has 4 heterocycles. The molecular formula is C21H21Cl2N7. The molecule has 0 radical (unpaired) electrons. The lowest BCUT2D eigenvalue weighted by Crippen LogP contribution is -2.47. The van der Waals surface area contributed by atoms with Crippen LogP contribution in [0.25, 0.3) is 22.3 Å². The zero-order chi connectivity index (χ0) is 19.8. The van der Waals surface area contributed by atoms with E-state index in [1.807, 2.05) is 24.3 Å². The molecule has 0 saturated carbocycles. The van der Waals surface area contributed by atoms with E-state index in [2.05, 4.69) is 47.9 Å². The Kier molecular flexibility index (Phi) is 5.74. The second-order valence-electron chi connectivity index (χ2n) is 7.14. The molecule has 1 aliphatic rings. The first kappa shape index (κ1) is 20.4. The number of aryl methyl sites for hydroxylation is 1. The van der Waals surface area contributed by atoms with Gasteiger partial charge in [-0.1, -0.05) is 17.7 Å². The maximum Gasteiger partial charge on any atom is 0.186 e. The van der Waals surface area contributed by atoms with Crippen LogP contribution >= 0.6 is 24.0 Å². The zero-order valence-electron chi connectivity index (χ0n) is 16.4. The standard InChI is InChI=1S/C21H20ClN7.ClH/c1-14-2-3-16(22)12-17(14)28-8-10-29(11-9-28)21-18-19(15-4-6-23-7-5-15)26-27-20(18)24-13-25-21;/h2-7,12-13H,8-11H2,1H3,(H,24,25,26,27);1H. The fourth-order valence-corrected chi connectivity index (χ4v) is 4.06. The summed E-state index contributed by atoms with van der Waals surface area (Å²) < 4.78 is 0. The fourth-order valence-electron chi connectivity index (χ4n) is 3.89. The van der Waals surface area contributed by atoms with E-state index in [1.165, 1.54) is 11.3 Å². The number of nitrogens with one attached hydrogen (secondary N) is 1. The van der Waals surface area contributed by atoms with Crippen LogP contribution in [-0.4, -0.2) is 51.3 Å². The third-order valence-corrected chi connectivity index (χ3v) is 5.63. The van der Waals surface area contributed by atoms with Crippen LogP contribution in [0.2, 0.25) is 5.02 Å². The lowest BCUT2D eigenvalue weighted by Gasteiger charge is -2.37. The Morgan fingerprint density at radius 1 is 0.967 bits per heavy atom. The summed E-state index contributed by atoms with van der Waals surface area (Å²) in [6.07, 6.45) is 5.14. The fraction of sp³-hybridized carbons (Fsp3) is 0.238. The van der Waals surface area contributed by atoms with Gasteiger partial charge in [0, 0.05) is 54.8 Å². The number of benzene rings is 1. The van der Waals surface area contributed by atoms with Crippen molar-refractivity contribution in [3.63, 3.8) is 0 Å². The van der Waals surface area contributed by atoms with Crippen LogP contribution in [0.15, 0.2) is 49.1 Å². The SMILES string of the molecule is Cc1ccc(Cl)cc1N1CCN(c2ncnc3n[nH]c(-c4ccncc4)c23)CC1.Cl. The summed E-state index contributed by atoms with van der Waals surface area (Å²) in [5.74, 6) is 0.915. The monoisotopic (exact) mass is 441 g/mol. The van der Waals surface area contributed by atoms with Crippen molar-refractivity contribution in [3.8, 4) is 11.3 Å². The molecule has 1 N–H and O–H groups in total. The molecule has 1 fully saturated rings. The Balaban J connectivity index is 0.00000218. The Labute approximate surface area is 185 Å². The molecule has 4 aromatic rings. The van der Waals surface area contributed by atoms with E-state index in [0.29, 0.717) is 5.65 Å². The third-order valence-electron chi connectivity index (χ3n) is 5.39. The summed E-state index contributed by atoms with van der Waals surface area (Å²) in [6.45, 7) is 5.64. The highest BCUT2D eigenvalue weighted by molar-refractivity contribution is 6.30.